The number of carbonyl (C=O) groups is 1. The predicted molar refractivity (Wildman–Crippen MR) is 38.9 cm³/mol. The maximum absolute atomic E-state index is 10.3. The van der Waals surface area contributed by atoms with Crippen LogP contribution in [0.25, 0.3) is 0 Å². The number of primary amides is 1. The van der Waals surface area contributed by atoms with Gasteiger partial charge in [-0.25, -0.2) is 0 Å². The molecule has 6 N–H and O–H groups in total. The van der Waals surface area contributed by atoms with Crippen LogP contribution in [0.4, 0.5) is 0 Å². The fraction of sp³-hybridized carbons (Fsp3) is 0.833. The maximum atomic E-state index is 10.3. The van der Waals surface area contributed by atoms with Gasteiger partial charge < -0.3 is 26.2 Å². The van der Waals surface area contributed by atoms with Crippen LogP contribution in [0.2, 0.25) is 0 Å². The Morgan fingerprint density at radius 3 is 2.17 bits per heavy atom. The Hall–Kier alpha value is -0.690. The van der Waals surface area contributed by atoms with Crippen LogP contribution in [0, 0.1) is 0 Å². The quantitative estimate of drug-likeness (QED) is 0.306. The van der Waals surface area contributed by atoms with E-state index in [1.54, 1.807) is 0 Å². The van der Waals surface area contributed by atoms with E-state index in [1.807, 2.05) is 0 Å². The van der Waals surface area contributed by atoms with Crippen LogP contribution in [0.3, 0.4) is 0 Å². The van der Waals surface area contributed by atoms with E-state index in [0.29, 0.717) is 0 Å². The Bertz CT molecular complexity index is 151. The second-order valence-corrected chi connectivity index (χ2v) is 2.42. The second kappa shape index (κ2) is 5.04. The lowest BCUT2D eigenvalue weighted by Gasteiger charge is -2.19. The summed E-state index contributed by atoms with van der Waals surface area (Å²) in [6.07, 6.45) is -4.91. The first-order chi connectivity index (χ1) is 5.50. The Labute approximate surface area is 69.2 Å². The van der Waals surface area contributed by atoms with Crippen molar-refractivity contribution in [1.82, 2.24) is 0 Å². The van der Waals surface area contributed by atoms with Crippen LogP contribution in [0.15, 0.2) is 0 Å². The van der Waals surface area contributed by atoms with E-state index in [9.17, 15) is 4.79 Å². The zero-order chi connectivity index (χ0) is 9.72. The SMILES string of the molecule is NC(=O)C(O)C(O)C(O)CCO. The average Bonchev–Trinajstić information content (AvgIpc) is 2.02. The standard InChI is InChI=1S/C6H13NO5/c7-6(12)5(11)4(10)3(9)1-2-8/h3-5,8-11H,1-2H2,(H2,7,12). The van der Waals surface area contributed by atoms with Crippen molar-refractivity contribution >= 4 is 5.91 Å². The van der Waals surface area contributed by atoms with Crippen LogP contribution >= 0.6 is 0 Å². The van der Waals surface area contributed by atoms with Crippen molar-refractivity contribution in [2.24, 2.45) is 5.73 Å². The van der Waals surface area contributed by atoms with Gasteiger partial charge >= 0.3 is 0 Å². The number of amides is 1. The monoisotopic (exact) mass is 179 g/mol. The number of aliphatic hydroxyl groups is 4. The summed E-state index contributed by atoms with van der Waals surface area (Å²) in [6.45, 7) is -0.344. The largest absolute Gasteiger partial charge is 0.396 e. The van der Waals surface area contributed by atoms with Crippen molar-refractivity contribution in [2.75, 3.05) is 6.61 Å². The number of carbonyl (C=O) groups excluding carboxylic acids is 1. The Morgan fingerprint density at radius 2 is 1.83 bits per heavy atom. The van der Waals surface area contributed by atoms with E-state index in [4.69, 9.17) is 20.4 Å². The summed E-state index contributed by atoms with van der Waals surface area (Å²) >= 11 is 0. The van der Waals surface area contributed by atoms with Crippen LogP contribution in [-0.4, -0.2) is 51.3 Å². The topological polar surface area (TPSA) is 124 Å². The summed E-state index contributed by atoms with van der Waals surface area (Å²) in [4.78, 5) is 10.3. The molecule has 0 aromatic heterocycles. The molecule has 72 valence electrons. The average molecular weight is 179 g/mol. The van der Waals surface area contributed by atoms with Gasteiger partial charge in [0, 0.05) is 6.61 Å². The van der Waals surface area contributed by atoms with Gasteiger partial charge in [-0.05, 0) is 6.42 Å². The van der Waals surface area contributed by atoms with Crippen molar-refractivity contribution in [1.29, 1.82) is 0 Å². The maximum Gasteiger partial charge on any atom is 0.249 e. The third kappa shape index (κ3) is 3.14. The molecule has 3 atom stereocenters. The van der Waals surface area contributed by atoms with Gasteiger partial charge in [-0.1, -0.05) is 0 Å². The van der Waals surface area contributed by atoms with Gasteiger partial charge in [0.15, 0.2) is 6.10 Å². The van der Waals surface area contributed by atoms with Crippen molar-refractivity contribution in [3.8, 4) is 0 Å². The van der Waals surface area contributed by atoms with Crippen molar-refractivity contribution < 1.29 is 25.2 Å². The lowest BCUT2D eigenvalue weighted by molar-refractivity contribution is -0.138. The van der Waals surface area contributed by atoms with Gasteiger partial charge in [0.25, 0.3) is 0 Å². The minimum absolute atomic E-state index is 0.120. The number of aliphatic hydroxyl groups excluding tert-OH is 4. The number of hydrogen-bond donors (Lipinski definition) is 5. The molecule has 0 aliphatic rings. The predicted octanol–water partition coefficient (Wildman–Crippen LogP) is -3.06. The van der Waals surface area contributed by atoms with Gasteiger partial charge in [-0.15, -0.1) is 0 Å². The molecule has 6 nitrogen and oxygen atoms in total. The minimum Gasteiger partial charge on any atom is -0.396 e. The Balaban J connectivity index is 3.99. The first-order valence-corrected chi connectivity index (χ1v) is 3.45. The normalized spacial score (nSPS) is 18.3. The number of hydrogen-bond acceptors (Lipinski definition) is 5. The molecule has 0 heterocycles. The zero-order valence-corrected chi connectivity index (χ0v) is 6.42. The minimum atomic E-state index is -1.80. The molecule has 0 aliphatic heterocycles. The van der Waals surface area contributed by atoms with Crippen molar-refractivity contribution in [3.63, 3.8) is 0 Å². The smallest absolute Gasteiger partial charge is 0.249 e. The molecule has 0 saturated carbocycles. The van der Waals surface area contributed by atoms with E-state index in [-0.39, 0.29) is 13.0 Å². The summed E-state index contributed by atoms with van der Waals surface area (Å²) in [7, 11) is 0. The third-order valence-electron chi connectivity index (χ3n) is 1.43. The summed E-state index contributed by atoms with van der Waals surface area (Å²) in [5.74, 6) is -1.11. The van der Waals surface area contributed by atoms with E-state index in [1.165, 1.54) is 0 Å². The van der Waals surface area contributed by atoms with Crippen LogP contribution in [0.5, 0.6) is 0 Å². The Morgan fingerprint density at radius 1 is 1.33 bits per heavy atom. The number of rotatable bonds is 5. The molecule has 0 aromatic carbocycles. The molecule has 3 unspecified atom stereocenters. The van der Waals surface area contributed by atoms with Gasteiger partial charge in [-0.2, -0.15) is 0 Å². The first kappa shape index (κ1) is 11.3. The van der Waals surface area contributed by atoms with Gasteiger partial charge in [0.1, 0.15) is 6.10 Å². The number of nitrogens with two attached hydrogens (primary N) is 1. The molecule has 0 fully saturated rings. The molecule has 0 radical (unpaired) electrons. The zero-order valence-electron chi connectivity index (χ0n) is 6.42. The lowest BCUT2D eigenvalue weighted by atomic mass is 10.1. The highest BCUT2D eigenvalue weighted by Crippen LogP contribution is 2.03. The van der Waals surface area contributed by atoms with E-state index < -0.39 is 24.2 Å². The Kier molecular flexibility index (Phi) is 4.75. The van der Waals surface area contributed by atoms with Crippen molar-refractivity contribution in [3.05, 3.63) is 0 Å². The molecule has 0 aromatic rings. The summed E-state index contributed by atoms with van der Waals surface area (Å²) in [5.41, 5.74) is 4.65. The highest BCUT2D eigenvalue weighted by Gasteiger charge is 2.27. The van der Waals surface area contributed by atoms with Crippen LogP contribution in [-0.2, 0) is 4.79 Å². The fourth-order valence-corrected chi connectivity index (χ4v) is 0.682. The molecule has 0 bridgehead atoms. The fourth-order valence-electron chi connectivity index (χ4n) is 0.682. The van der Waals surface area contributed by atoms with Gasteiger partial charge in [0.05, 0.1) is 6.10 Å². The van der Waals surface area contributed by atoms with Crippen LogP contribution in [0.1, 0.15) is 6.42 Å². The highest BCUT2D eigenvalue weighted by molar-refractivity contribution is 5.79. The molecular formula is C6H13NO5. The molecule has 1 amide bonds. The van der Waals surface area contributed by atoms with Crippen LogP contribution < -0.4 is 5.73 Å². The molecule has 0 rings (SSSR count). The van der Waals surface area contributed by atoms with Gasteiger partial charge in [0.2, 0.25) is 5.91 Å². The lowest BCUT2D eigenvalue weighted by Crippen LogP contribution is -2.45. The highest BCUT2D eigenvalue weighted by atomic mass is 16.4. The second-order valence-electron chi connectivity index (χ2n) is 2.42. The van der Waals surface area contributed by atoms with E-state index in [2.05, 4.69) is 5.73 Å². The third-order valence-corrected chi connectivity index (χ3v) is 1.43. The van der Waals surface area contributed by atoms with E-state index >= 15 is 0 Å². The van der Waals surface area contributed by atoms with Crippen molar-refractivity contribution in [2.45, 2.75) is 24.7 Å². The molecule has 0 spiro atoms. The molecule has 6 heteroatoms. The summed E-state index contributed by atoms with van der Waals surface area (Å²) < 4.78 is 0. The summed E-state index contributed by atoms with van der Waals surface area (Å²) in [5, 5.41) is 35.1. The summed E-state index contributed by atoms with van der Waals surface area (Å²) in [6, 6.07) is 0. The van der Waals surface area contributed by atoms with E-state index in [0.717, 1.165) is 0 Å². The molecule has 0 saturated heterocycles. The first-order valence-electron chi connectivity index (χ1n) is 3.45. The molecule has 12 heavy (non-hydrogen) atoms. The molecule has 0 aliphatic carbocycles. The molecular weight excluding hydrogens is 166 g/mol. The van der Waals surface area contributed by atoms with Gasteiger partial charge in [-0.3, -0.25) is 4.79 Å².